The summed E-state index contributed by atoms with van der Waals surface area (Å²) in [5, 5.41) is 3.77. The lowest BCUT2D eigenvalue weighted by molar-refractivity contribution is -0.126. The van der Waals surface area contributed by atoms with Crippen LogP contribution >= 0.6 is 11.6 Å². The van der Waals surface area contributed by atoms with Crippen LogP contribution in [0.15, 0.2) is 30.6 Å². The van der Waals surface area contributed by atoms with E-state index in [1.165, 1.54) is 0 Å². The maximum atomic E-state index is 13.1. The van der Waals surface area contributed by atoms with Crippen molar-refractivity contribution in [2.24, 2.45) is 5.92 Å². The van der Waals surface area contributed by atoms with Crippen LogP contribution in [-0.4, -0.2) is 45.4 Å². The smallest absolute Gasteiger partial charge is 0.274 e. The van der Waals surface area contributed by atoms with Crippen molar-refractivity contribution in [3.05, 3.63) is 52.6 Å². The zero-order valence-corrected chi connectivity index (χ0v) is 17.5. The van der Waals surface area contributed by atoms with E-state index in [0.717, 1.165) is 24.1 Å². The van der Waals surface area contributed by atoms with E-state index in [2.05, 4.69) is 10.3 Å². The van der Waals surface area contributed by atoms with Gasteiger partial charge in [0.05, 0.1) is 25.2 Å². The number of amides is 2. The van der Waals surface area contributed by atoms with Crippen molar-refractivity contribution in [2.75, 3.05) is 13.1 Å². The average Bonchev–Trinajstić information content (AvgIpc) is 3.49. The van der Waals surface area contributed by atoms with E-state index >= 15 is 0 Å². The molecule has 1 saturated carbocycles. The van der Waals surface area contributed by atoms with Gasteiger partial charge in [-0.3, -0.25) is 9.59 Å². The summed E-state index contributed by atoms with van der Waals surface area (Å²) >= 11 is 5.97. The summed E-state index contributed by atoms with van der Waals surface area (Å²) in [6.07, 6.45) is 5.23. The lowest BCUT2D eigenvalue weighted by Crippen LogP contribution is -2.43. The molecule has 2 aromatic rings. The molecule has 0 radical (unpaired) electrons. The zero-order chi connectivity index (χ0) is 20.7. The molecule has 1 aliphatic carbocycles. The topological polar surface area (TPSA) is 76.5 Å². The Labute approximate surface area is 180 Å². The lowest BCUT2D eigenvalue weighted by Gasteiger charge is -2.31. The molecule has 8 heteroatoms. The standard InChI is InChI=1S/C22H25ClN4O3/c23-16-3-1-14(2-4-16)19-11-27-13-24-20(18(27)12-30-19)22(29)26-9-7-15(8-10-26)21(28)25-17-5-6-17/h1-4,13,15,17,19H,5-12H2,(H,25,28). The van der Waals surface area contributed by atoms with Gasteiger partial charge in [-0.2, -0.15) is 0 Å². The molecule has 2 aliphatic heterocycles. The van der Waals surface area contributed by atoms with Crippen LogP contribution in [-0.2, 0) is 22.7 Å². The monoisotopic (exact) mass is 428 g/mol. The van der Waals surface area contributed by atoms with Gasteiger partial charge in [-0.1, -0.05) is 23.7 Å². The van der Waals surface area contributed by atoms with Crippen molar-refractivity contribution in [1.29, 1.82) is 0 Å². The predicted molar refractivity (Wildman–Crippen MR) is 111 cm³/mol. The van der Waals surface area contributed by atoms with Gasteiger partial charge in [-0.05, 0) is 43.4 Å². The minimum absolute atomic E-state index is 0.00836. The fraction of sp³-hybridized carbons (Fsp3) is 0.500. The Morgan fingerprint density at radius 1 is 1.10 bits per heavy atom. The fourth-order valence-corrected chi connectivity index (χ4v) is 4.35. The summed E-state index contributed by atoms with van der Waals surface area (Å²) in [7, 11) is 0. The number of carbonyl (C=O) groups excluding carboxylic acids is 2. The molecule has 0 bridgehead atoms. The van der Waals surface area contributed by atoms with Crippen LogP contribution in [0, 0.1) is 5.92 Å². The Morgan fingerprint density at radius 3 is 2.53 bits per heavy atom. The van der Waals surface area contributed by atoms with Crippen LogP contribution in [0.4, 0.5) is 0 Å². The number of benzene rings is 1. The number of piperidine rings is 1. The van der Waals surface area contributed by atoms with Gasteiger partial charge in [0.2, 0.25) is 5.91 Å². The number of imidazole rings is 1. The second-order valence-electron chi connectivity index (χ2n) is 8.39. The molecule has 30 heavy (non-hydrogen) atoms. The number of hydrogen-bond acceptors (Lipinski definition) is 4. The van der Waals surface area contributed by atoms with Gasteiger partial charge < -0.3 is 19.5 Å². The van der Waals surface area contributed by atoms with Crippen molar-refractivity contribution >= 4 is 23.4 Å². The van der Waals surface area contributed by atoms with Gasteiger partial charge in [0.25, 0.3) is 5.91 Å². The highest BCUT2D eigenvalue weighted by Crippen LogP contribution is 2.29. The number of rotatable bonds is 4. The first-order valence-electron chi connectivity index (χ1n) is 10.6. The largest absolute Gasteiger partial charge is 0.365 e. The second kappa shape index (κ2) is 8.04. The fourth-order valence-electron chi connectivity index (χ4n) is 4.23. The summed E-state index contributed by atoms with van der Waals surface area (Å²) in [5.74, 6) is 0.0815. The molecule has 1 unspecified atom stereocenters. The highest BCUT2D eigenvalue weighted by molar-refractivity contribution is 6.30. The first kappa shape index (κ1) is 19.6. The maximum Gasteiger partial charge on any atom is 0.274 e. The Balaban J connectivity index is 1.22. The number of carbonyl (C=O) groups is 2. The van der Waals surface area contributed by atoms with Crippen LogP contribution in [0.5, 0.6) is 0 Å². The number of likely N-dealkylation sites (tertiary alicyclic amines) is 1. The predicted octanol–water partition coefficient (Wildman–Crippen LogP) is 2.94. The van der Waals surface area contributed by atoms with Crippen LogP contribution in [0.25, 0.3) is 0 Å². The minimum Gasteiger partial charge on any atom is -0.365 e. The highest BCUT2D eigenvalue weighted by atomic mass is 35.5. The third-order valence-corrected chi connectivity index (χ3v) is 6.50. The molecule has 1 atom stereocenters. The van der Waals surface area contributed by atoms with E-state index < -0.39 is 0 Å². The SMILES string of the molecule is O=C(NC1CC1)C1CCN(C(=O)c2ncn3c2COC(c2ccc(Cl)cc2)C3)CC1. The number of nitrogens with zero attached hydrogens (tertiary/aromatic N) is 3. The molecule has 1 N–H and O–H groups in total. The van der Waals surface area contributed by atoms with Crippen LogP contribution < -0.4 is 5.32 Å². The van der Waals surface area contributed by atoms with Crippen LogP contribution in [0.2, 0.25) is 5.02 Å². The van der Waals surface area contributed by atoms with Gasteiger partial charge in [-0.25, -0.2) is 4.98 Å². The van der Waals surface area contributed by atoms with Gasteiger partial charge >= 0.3 is 0 Å². The molecule has 7 nitrogen and oxygen atoms in total. The van der Waals surface area contributed by atoms with Crippen molar-refractivity contribution in [3.8, 4) is 0 Å². The van der Waals surface area contributed by atoms with E-state index in [-0.39, 0.29) is 23.8 Å². The third-order valence-electron chi connectivity index (χ3n) is 6.25. The molecule has 2 fully saturated rings. The minimum atomic E-state index is -0.0901. The Kier molecular flexibility index (Phi) is 5.25. The number of hydrogen-bond donors (Lipinski definition) is 1. The molecule has 3 heterocycles. The number of fused-ring (bicyclic) bond motifs is 1. The van der Waals surface area contributed by atoms with Gasteiger partial charge in [-0.15, -0.1) is 0 Å². The zero-order valence-electron chi connectivity index (χ0n) is 16.7. The second-order valence-corrected chi connectivity index (χ2v) is 8.83. The quantitative estimate of drug-likeness (QED) is 0.812. The summed E-state index contributed by atoms with van der Waals surface area (Å²) in [6.45, 7) is 2.12. The van der Waals surface area contributed by atoms with E-state index in [4.69, 9.17) is 16.3 Å². The first-order chi connectivity index (χ1) is 14.6. The molecule has 3 aliphatic rings. The molecule has 1 aromatic heterocycles. The summed E-state index contributed by atoms with van der Waals surface area (Å²) in [5.41, 5.74) is 2.34. The van der Waals surface area contributed by atoms with E-state index in [0.29, 0.717) is 55.8 Å². The molecular weight excluding hydrogens is 404 g/mol. The summed E-state index contributed by atoms with van der Waals surface area (Å²) < 4.78 is 8.04. The van der Waals surface area contributed by atoms with Crippen molar-refractivity contribution in [1.82, 2.24) is 19.8 Å². The third kappa shape index (κ3) is 3.96. The van der Waals surface area contributed by atoms with Crippen molar-refractivity contribution in [3.63, 3.8) is 0 Å². The van der Waals surface area contributed by atoms with Gasteiger partial charge in [0.15, 0.2) is 5.69 Å². The van der Waals surface area contributed by atoms with E-state index in [1.54, 1.807) is 6.33 Å². The Morgan fingerprint density at radius 2 is 1.83 bits per heavy atom. The van der Waals surface area contributed by atoms with Crippen LogP contribution in [0.1, 0.15) is 53.5 Å². The Hall–Kier alpha value is -2.38. The van der Waals surface area contributed by atoms with E-state index in [9.17, 15) is 9.59 Å². The Bertz CT molecular complexity index is 946. The maximum absolute atomic E-state index is 13.1. The normalized spacial score (nSPS) is 21.9. The molecule has 158 valence electrons. The molecular formula is C22H25ClN4O3. The number of nitrogens with one attached hydrogen (secondary N) is 1. The number of ether oxygens (including phenoxy) is 1. The van der Waals surface area contributed by atoms with Crippen LogP contribution in [0.3, 0.4) is 0 Å². The molecule has 5 rings (SSSR count). The lowest BCUT2D eigenvalue weighted by atomic mass is 9.95. The van der Waals surface area contributed by atoms with Crippen molar-refractivity contribution in [2.45, 2.75) is 51.0 Å². The van der Waals surface area contributed by atoms with E-state index in [1.807, 2.05) is 33.7 Å². The molecule has 1 aromatic carbocycles. The first-order valence-corrected chi connectivity index (χ1v) is 11.0. The summed E-state index contributed by atoms with van der Waals surface area (Å²) in [4.78, 5) is 31.5. The average molecular weight is 429 g/mol. The molecule has 1 saturated heterocycles. The van der Waals surface area contributed by atoms with Gasteiger partial charge in [0, 0.05) is 30.1 Å². The van der Waals surface area contributed by atoms with Crippen molar-refractivity contribution < 1.29 is 14.3 Å². The van der Waals surface area contributed by atoms with Gasteiger partial charge in [0.1, 0.15) is 6.10 Å². The molecule has 0 spiro atoms. The molecule has 2 amide bonds. The highest BCUT2D eigenvalue weighted by Gasteiger charge is 2.33. The summed E-state index contributed by atoms with van der Waals surface area (Å²) in [6, 6.07) is 8.01. The number of halogens is 1. The number of aromatic nitrogens is 2.